The molecular weight excluding hydrogens is 278 g/mol. The molecule has 1 amide bonds. The van der Waals surface area contributed by atoms with Crippen molar-refractivity contribution < 1.29 is 14.3 Å². The minimum absolute atomic E-state index is 0.148. The van der Waals surface area contributed by atoms with Crippen LogP contribution in [0.5, 0.6) is 0 Å². The molecule has 0 N–H and O–H groups in total. The van der Waals surface area contributed by atoms with Crippen LogP contribution in [-0.4, -0.2) is 35.7 Å². The number of piperidine rings is 1. The second-order valence-electron chi connectivity index (χ2n) is 4.88. The highest BCUT2D eigenvalue weighted by Gasteiger charge is 2.29. The van der Waals surface area contributed by atoms with E-state index in [0.29, 0.717) is 31.8 Å². The van der Waals surface area contributed by atoms with E-state index in [1.165, 1.54) is 0 Å². The normalized spacial score (nSPS) is 18.9. The summed E-state index contributed by atoms with van der Waals surface area (Å²) in [5.41, 5.74) is 0.950. The summed E-state index contributed by atoms with van der Waals surface area (Å²) in [4.78, 5) is 25.3. The Morgan fingerprint density at radius 3 is 2.80 bits per heavy atom. The summed E-state index contributed by atoms with van der Waals surface area (Å²) in [7, 11) is 0. The Bertz CT molecular complexity index is 463. The van der Waals surface area contributed by atoms with Gasteiger partial charge in [-0.05, 0) is 12.0 Å². The molecule has 1 unspecified atom stereocenters. The van der Waals surface area contributed by atoms with Crippen molar-refractivity contribution in [2.45, 2.75) is 19.4 Å². The second-order valence-corrected chi connectivity index (χ2v) is 5.26. The lowest BCUT2D eigenvalue weighted by Crippen LogP contribution is -2.44. The molecule has 20 heavy (non-hydrogen) atoms. The molecule has 4 nitrogen and oxygen atoms in total. The van der Waals surface area contributed by atoms with Gasteiger partial charge < -0.3 is 9.64 Å². The molecule has 1 aliphatic rings. The van der Waals surface area contributed by atoms with Crippen LogP contribution in [0.3, 0.4) is 0 Å². The largest absolute Gasteiger partial charge is 0.445 e. The number of likely N-dealkylation sites (tertiary alicyclic amines) is 1. The summed E-state index contributed by atoms with van der Waals surface area (Å²) in [5.74, 6) is 0.479. The predicted octanol–water partition coefficient (Wildman–Crippen LogP) is 2.84. The quantitative estimate of drug-likeness (QED) is 0.803. The van der Waals surface area contributed by atoms with Gasteiger partial charge in [0.05, 0.1) is 0 Å². The van der Waals surface area contributed by atoms with Gasteiger partial charge in [0.1, 0.15) is 12.4 Å². The molecule has 0 saturated carbocycles. The van der Waals surface area contributed by atoms with Crippen molar-refractivity contribution >= 4 is 23.5 Å². The maximum atomic E-state index is 12.0. The topological polar surface area (TPSA) is 46.6 Å². The van der Waals surface area contributed by atoms with E-state index in [9.17, 15) is 9.59 Å². The average Bonchev–Trinajstić information content (AvgIpc) is 2.48. The molecule has 0 spiro atoms. The van der Waals surface area contributed by atoms with Crippen LogP contribution in [0.15, 0.2) is 30.3 Å². The molecule has 2 rings (SSSR count). The zero-order valence-corrected chi connectivity index (χ0v) is 12.0. The SMILES string of the molecule is O=C1CCN(C(=O)OCc2ccccc2)CC1CCCl. The zero-order chi connectivity index (χ0) is 14.4. The van der Waals surface area contributed by atoms with Crippen molar-refractivity contribution in [2.24, 2.45) is 5.92 Å². The van der Waals surface area contributed by atoms with Crippen LogP contribution in [0.25, 0.3) is 0 Å². The Hall–Kier alpha value is -1.55. The lowest BCUT2D eigenvalue weighted by Gasteiger charge is -2.30. The molecule has 0 aliphatic carbocycles. The molecule has 1 atom stereocenters. The Labute approximate surface area is 123 Å². The van der Waals surface area contributed by atoms with E-state index in [-0.39, 0.29) is 24.4 Å². The maximum absolute atomic E-state index is 12.0. The van der Waals surface area contributed by atoms with Crippen molar-refractivity contribution in [1.82, 2.24) is 4.90 Å². The Morgan fingerprint density at radius 1 is 1.35 bits per heavy atom. The third-order valence-electron chi connectivity index (χ3n) is 3.45. The van der Waals surface area contributed by atoms with Crippen LogP contribution in [0.4, 0.5) is 4.79 Å². The summed E-state index contributed by atoms with van der Waals surface area (Å²) in [6.45, 7) is 1.11. The maximum Gasteiger partial charge on any atom is 0.410 e. The van der Waals surface area contributed by atoms with Gasteiger partial charge in [-0.25, -0.2) is 4.79 Å². The van der Waals surface area contributed by atoms with Gasteiger partial charge in [0.15, 0.2) is 0 Å². The number of carbonyl (C=O) groups excluding carboxylic acids is 2. The first-order valence-electron chi connectivity index (χ1n) is 6.75. The molecule has 108 valence electrons. The average molecular weight is 296 g/mol. The number of rotatable bonds is 4. The van der Waals surface area contributed by atoms with E-state index in [1.54, 1.807) is 4.90 Å². The standard InChI is InChI=1S/C15H18ClNO3/c16-8-6-13-10-17(9-7-14(13)18)15(19)20-11-12-4-2-1-3-5-12/h1-5,13H,6-11H2. The molecule has 1 saturated heterocycles. The third kappa shape index (κ3) is 3.97. The van der Waals surface area contributed by atoms with Crippen LogP contribution in [0, 0.1) is 5.92 Å². The van der Waals surface area contributed by atoms with Crippen molar-refractivity contribution in [1.29, 1.82) is 0 Å². The number of nitrogens with zero attached hydrogens (tertiary/aromatic N) is 1. The van der Waals surface area contributed by atoms with Crippen LogP contribution >= 0.6 is 11.6 Å². The van der Waals surface area contributed by atoms with Gasteiger partial charge in [0, 0.05) is 31.3 Å². The predicted molar refractivity (Wildman–Crippen MR) is 76.7 cm³/mol. The monoisotopic (exact) mass is 295 g/mol. The number of alkyl halides is 1. The van der Waals surface area contributed by atoms with Crippen LogP contribution < -0.4 is 0 Å². The second kappa shape index (κ2) is 7.29. The summed E-state index contributed by atoms with van der Waals surface area (Å²) in [6, 6.07) is 9.53. The van der Waals surface area contributed by atoms with Gasteiger partial charge in [-0.2, -0.15) is 0 Å². The molecule has 0 bridgehead atoms. The molecule has 1 fully saturated rings. The van der Waals surface area contributed by atoms with E-state index in [1.807, 2.05) is 30.3 Å². The molecule has 1 heterocycles. The van der Waals surface area contributed by atoms with E-state index in [0.717, 1.165) is 5.56 Å². The van der Waals surface area contributed by atoms with E-state index >= 15 is 0 Å². The molecule has 1 aromatic carbocycles. The fraction of sp³-hybridized carbons (Fsp3) is 0.467. The Kier molecular flexibility index (Phi) is 5.41. The lowest BCUT2D eigenvalue weighted by atomic mass is 9.94. The van der Waals surface area contributed by atoms with Crippen molar-refractivity contribution in [3.05, 3.63) is 35.9 Å². The molecule has 1 aliphatic heterocycles. The first kappa shape index (κ1) is 14.9. The van der Waals surface area contributed by atoms with Crippen molar-refractivity contribution in [3.8, 4) is 0 Å². The summed E-state index contributed by atoms with van der Waals surface area (Å²) in [6.07, 6.45) is 0.645. The number of amides is 1. The molecule has 5 heteroatoms. The van der Waals surface area contributed by atoms with Gasteiger partial charge in [-0.15, -0.1) is 11.6 Å². The lowest BCUT2D eigenvalue weighted by molar-refractivity contribution is -0.125. The fourth-order valence-corrected chi connectivity index (χ4v) is 2.53. The highest BCUT2D eigenvalue weighted by molar-refractivity contribution is 6.18. The van der Waals surface area contributed by atoms with E-state index < -0.39 is 0 Å². The number of hydrogen-bond donors (Lipinski definition) is 0. The number of benzene rings is 1. The van der Waals surface area contributed by atoms with E-state index in [4.69, 9.17) is 16.3 Å². The number of carbonyl (C=O) groups is 2. The number of ether oxygens (including phenoxy) is 1. The zero-order valence-electron chi connectivity index (χ0n) is 11.3. The van der Waals surface area contributed by atoms with Gasteiger partial charge in [-0.3, -0.25) is 4.79 Å². The minimum atomic E-state index is -0.360. The van der Waals surface area contributed by atoms with Gasteiger partial charge in [0.25, 0.3) is 0 Å². The van der Waals surface area contributed by atoms with Gasteiger partial charge in [0.2, 0.25) is 0 Å². The van der Waals surface area contributed by atoms with Gasteiger partial charge in [-0.1, -0.05) is 30.3 Å². The van der Waals surface area contributed by atoms with Gasteiger partial charge >= 0.3 is 6.09 Å². The van der Waals surface area contributed by atoms with Crippen molar-refractivity contribution in [2.75, 3.05) is 19.0 Å². The first-order valence-corrected chi connectivity index (χ1v) is 7.28. The van der Waals surface area contributed by atoms with Crippen LogP contribution in [0.2, 0.25) is 0 Å². The number of hydrogen-bond acceptors (Lipinski definition) is 3. The summed E-state index contributed by atoms with van der Waals surface area (Å²) in [5, 5.41) is 0. The molecular formula is C15H18ClNO3. The first-order chi connectivity index (χ1) is 9.70. The highest BCUT2D eigenvalue weighted by atomic mass is 35.5. The fourth-order valence-electron chi connectivity index (χ4n) is 2.27. The Balaban J connectivity index is 1.84. The number of ketones is 1. The number of Topliss-reactive ketones (excluding diaryl/α,β-unsaturated/α-hetero) is 1. The molecule has 0 radical (unpaired) electrons. The van der Waals surface area contributed by atoms with Crippen LogP contribution in [-0.2, 0) is 16.1 Å². The summed E-state index contributed by atoms with van der Waals surface area (Å²) >= 11 is 5.68. The third-order valence-corrected chi connectivity index (χ3v) is 3.66. The Morgan fingerprint density at radius 2 is 2.10 bits per heavy atom. The van der Waals surface area contributed by atoms with Crippen molar-refractivity contribution in [3.63, 3.8) is 0 Å². The summed E-state index contributed by atoms with van der Waals surface area (Å²) < 4.78 is 5.27. The smallest absolute Gasteiger partial charge is 0.410 e. The van der Waals surface area contributed by atoms with Crippen LogP contribution in [0.1, 0.15) is 18.4 Å². The highest BCUT2D eigenvalue weighted by Crippen LogP contribution is 2.18. The molecule has 0 aromatic heterocycles. The molecule has 1 aromatic rings. The van der Waals surface area contributed by atoms with E-state index in [2.05, 4.69) is 0 Å². The number of halogens is 1. The minimum Gasteiger partial charge on any atom is -0.445 e.